The van der Waals surface area contributed by atoms with E-state index in [0.29, 0.717) is 12.6 Å². The molecule has 0 aromatic carbocycles. The van der Waals surface area contributed by atoms with Gasteiger partial charge in [0.05, 0.1) is 24.0 Å². The van der Waals surface area contributed by atoms with Gasteiger partial charge < -0.3 is 10.1 Å². The molecule has 1 N–H and O–H groups in total. The van der Waals surface area contributed by atoms with E-state index in [0.717, 1.165) is 65.2 Å². The number of hydrogen-bond acceptors (Lipinski definition) is 8. The van der Waals surface area contributed by atoms with E-state index in [1.165, 1.54) is 6.42 Å². The zero-order valence-corrected chi connectivity index (χ0v) is 18.6. The molecule has 7 nitrogen and oxygen atoms in total. The number of methoxy groups -OCH3 is 1. The van der Waals surface area contributed by atoms with Crippen molar-refractivity contribution in [3.05, 3.63) is 58.4 Å². The first-order chi connectivity index (χ1) is 14.6. The number of thiazole rings is 1. The molecule has 0 radical (unpaired) electrons. The quantitative estimate of drug-likeness (QED) is 0.580. The van der Waals surface area contributed by atoms with Gasteiger partial charge in [-0.15, -0.1) is 11.3 Å². The van der Waals surface area contributed by atoms with Crippen molar-refractivity contribution in [2.24, 2.45) is 0 Å². The normalized spacial score (nSPS) is 16.8. The first-order valence-corrected chi connectivity index (χ1v) is 11.2. The molecule has 0 amide bonds. The fourth-order valence-electron chi connectivity index (χ4n) is 3.84. The van der Waals surface area contributed by atoms with E-state index in [-0.39, 0.29) is 0 Å². The van der Waals surface area contributed by atoms with Crippen LogP contribution < -0.4 is 5.32 Å². The number of ether oxygens (including phenoxy) is 1. The Kier molecular flexibility index (Phi) is 6.66. The monoisotopic (exact) mass is 424 g/mol. The van der Waals surface area contributed by atoms with Gasteiger partial charge in [-0.05, 0) is 45.4 Å². The maximum Gasteiger partial charge on any atom is 0.187 e. The topological polar surface area (TPSA) is 76.1 Å². The minimum absolute atomic E-state index is 0.302. The number of nitrogens with one attached hydrogen (secondary N) is 1. The second-order valence-electron chi connectivity index (χ2n) is 7.72. The molecule has 3 aromatic rings. The Morgan fingerprint density at radius 3 is 2.73 bits per heavy atom. The van der Waals surface area contributed by atoms with Gasteiger partial charge in [-0.1, -0.05) is 0 Å². The minimum Gasteiger partial charge on any atom is -0.384 e. The zero-order valence-electron chi connectivity index (χ0n) is 17.8. The summed E-state index contributed by atoms with van der Waals surface area (Å²) in [6.45, 7) is 6.59. The van der Waals surface area contributed by atoms with E-state index in [4.69, 9.17) is 9.72 Å². The molecule has 1 aliphatic heterocycles. The van der Waals surface area contributed by atoms with Crippen molar-refractivity contribution in [2.75, 3.05) is 25.6 Å². The fraction of sp³-hybridized carbons (Fsp3) is 0.455. The van der Waals surface area contributed by atoms with Gasteiger partial charge in [0.1, 0.15) is 5.82 Å². The molecule has 1 aliphatic rings. The molecule has 158 valence electrons. The van der Waals surface area contributed by atoms with E-state index >= 15 is 0 Å². The summed E-state index contributed by atoms with van der Waals surface area (Å²) in [4.78, 5) is 20.8. The molecule has 0 saturated carbocycles. The number of nitrogens with zero attached hydrogens (tertiary/aromatic N) is 5. The van der Waals surface area contributed by atoms with Gasteiger partial charge in [-0.3, -0.25) is 9.88 Å². The predicted octanol–water partition coefficient (Wildman–Crippen LogP) is 4.21. The lowest BCUT2D eigenvalue weighted by molar-refractivity contribution is 0.200. The van der Waals surface area contributed by atoms with Crippen LogP contribution in [0, 0.1) is 13.8 Å². The molecule has 1 atom stereocenters. The highest BCUT2D eigenvalue weighted by Crippen LogP contribution is 2.34. The van der Waals surface area contributed by atoms with Crippen molar-refractivity contribution in [1.29, 1.82) is 0 Å². The number of anilines is 2. The van der Waals surface area contributed by atoms with Gasteiger partial charge in [0, 0.05) is 54.8 Å². The summed E-state index contributed by atoms with van der Waals surface area (Å²) in [6.07, 6.45) is 6.90. The molecule has 30 heavy (non-hydrogen) atoms. The third kappa shape index (κ3) is 5.19. The van der Waals surface area contributed by atoms with E-state index in [1.807, 2.05) is 26.2 Å². The number of likely N-dealkylation sites (tertiary alicyclic amines) is 1. The molecule has 1 fully saturated rings. The molecule has 0 spiro atoms. The maximum atomic E-state index is 5.10. The highest BCUT2D eigenvalue weighted by Gasteiger charge is 2.27. The Morgan fingerprint density at radius 2 is 2.00 bits per heavy atom. The number of pyridine rings is 1. The molecule has 4 rings (SSSR count). The highest BCUT2D eigenvalue weighted by molar-refractivity contribution is 7.13. The van der Waals surface area contributed by atoms with Gasteiger partial charge in [0.15, 0.2) is 5.13 Å². The smallest absolute Gasteiger partial charge is 0.187 e. The van der Waals surface area contributed by atoms with Crippen LogP contribution >= 0.6 is 11.3 Å². The number of aryl methyl sites for hydroxylation is 2. The third-order valence-corrected chi connectivity index (χ3v) is 6.10. The molecule has 8 heteroatoms. The van der Waals surface area contributed by atoms with Crippen molar-refractivity contribution in [3.8, 4) is 0 Å². The number of rotatable bonds is 8. The second-order valence-corrected chi connectivity index (χ2v) is 8.58. The van der Waals surface area contributed by atoms with Crippen LogP contribution in [0.15, 0.2) is 29.9 Å². The van der Waals surface area contributed by atoms with E-state index < -0.39 is 0 Å². The summed E-state index contributed by atoms with van der Waals surface area (Å²) in [6, 6.07) is 4.54. The van der Waals surface area contributed by atoms with Crippen molar-refractivity contribution < 1.29 is 4.74 Å². The second kappa shape index (κ2) is 9.59. The molecular weight excluding hydrogens is 396 g/mol. The Morgan fingerprint density at radius 1 is 1.17 bits per heavy atom. The van der Waals surface area contributed by atoms with Crippen LogP contribution in [0.5, 0.6) is 0 Å². The van der Waals surface area contributed by atoms with Crippen LogP contribution in [0.3, 0.4) is 0 Å². The third-order valence-electron chi connectivity index (χ3n) is 5.22. The first-order valence-electron chi connectivity index (χ1n) is 10.3. The van der Waals surface area contributed by atoms with Gasteiger partial charge in [-0.2, -0.15) is 0 Å². The van der Waals surface area contributed by atoms with Gasteiger partial charge in [-0.25, -0.2) is 15.0 Å². The van der Waals surface area contributed by atoms with Crippen molar-refractivity contribution in [2.45, 2.75) is 45.7 Å². The Balaban J connectivity index is 1.47. The van der Waals surface area contributed by atoms with E-state index in [2.05, 4.69) is 42.7 Å². The van der Waals surface area contributed by atoms with E-state index in [1.54, 1.807) is 18.4 Å². The molecule has 1 unspecified atom stereocenters. The van der Waals surface area contributed by atoms with E-state index in [9.17, 15) is 0 Å². The van der Waals surface area contributed by atoms with Crippen molar-refractivity contribution in [3.63, 3.8) is 0 Å². The van der Waals surface area contributed by atoms with Crippen LogP contribution in [0.1, 0.15) is 47.4 Å². The summed E-state index contributed by atoms with van der Waals surface area (Å²) in [5.74, 6) is 0.826. The molecule has 1 saturated heterocycles. The van der Waals surface area contributed by atoms with Gasteiger partial charge in [0.2, 0.25) is 0 Å². The van der Waals surface area contributed by atoms with Crippen molar-refractivity contribution >= 4 is 22.2 Å². The van der Waals surface area contributed by atoms with Crippen LogP contribution in [0.2, 0.25) is 0 Å². The zero-order chi connectivity index (χ0) is 20.9. The number of aromatic nitrogens is 4. The average molecular weight is 425 g/mol. The van der Waals surface area contributed by atoms with Crippen molar-refractivity contribution in [1.82, 2.24) is 24.8 Å². The van der Waals surface area contributed by atoms with Gasteiger partial charge >= 0.3 is 0 Å². The first kappa shape index (κ1) is 20.8. The Bertz CT molecular complexity index is 974. The van der Waals surface area contributed by atoms with Crippen LogP contribution in [-0.4, -0.2) is 45.1 Å². The standard InChI is InChI=1S/C22H28N6OS/c1-15-9-18(27-22-26-16(2)14-30-22)10-19(25-15)20-5-4-7-28(20)13-17-11-23-21(24-12-17)6-8-29-3/h9-12,14,20H,4-8,13H2,1-3H3,(H,25,26,27). The van der Waals surface area contributed by atoms with Crippen LogP contribution in [0.4, 0.5) is 10.8 Å². The summed E-state index contributed by atoms with van der Waals surface area (Å²) in [7, 11) is 1.69. The fourth-order valence-corrected chi connectivity index (χ4v) is 4.55. The average Bonchev–Trinajstić information content (AvgIpc) is 3.36. The summed E-state index contributed by atoms with van der Waals surface area (Å²) < 4.78 is 5.10. The predicted molar refractivity (Wildman–Crippen MR) is 119 cm³/mol. The molecule has 0 aliphatic carbocycles. The maximum absolute atomic E-state index is 5.10. The van der Waals surface area contributed by atoms with Crippen LogP contribution in [0.25, 0.3) is 0 Å². The summed E-state index contributed by atoms with van der Waals surface area (Å²) >= 11 is 1.62. The lowest BCUT2D eigenvalue weighted by atomic mass is 10.1. The Labute approximate surface area is 181 Å². The summed E-state index contributed by atoms with van der Waals surface area (Å²) in [5, 5.41) is 6.40. The molecule has 3 aromatic heterocycles. The Hall–Kier alpha value is -2.42. The van der Waals surface area contributed by atoms with Gasteiger partial charge in [0.25, 0.3) is 0 Å². The summed E-state index contributed by atoms with van der Waals surface area (Å²) in [5.41, 5.74) is 5.34. The molecule has 4 heterocycles. The largest absolute Gasteiger partial charge is 0.384 e. The lowest BCUT2D eigenvalue weighted by Gasteiger charge is -2.24. The lowest BCUT2D eigenvalue weighted by Crippen LogP contribution is -2.24. The highest BCUT2D eigenvalue weighted by atomic mass is 32.1. The SMILES string of the molecule is COCCc1ncc(CN2CCCC2c2cc(Nc3nc(C)cs3)cc(C)n2)cn1. The molecular formula is C22H28N6OS. The minimum atomic E-state index is 0.302. The molecule has 0 bridgehead atoms. The number of hydrogen-bond donors (Lipinski definition) is 1. The van der Waals surface area contributed by atoms with Crippen LogP contribution in [-0.2, 0) is 17.7 Å².